The van der Waals surface area contributed by atoms with Gasteiger partial charge in [0.25, 0.3) is 5.91 Å². The van der Waals surface area contributed by atoms with E-state index >= 15 is 0 Å². The van der Waals surface area contributed by atoms with E-state index in [1.165, 1.54) is 12.0 Å². The van der Waals surface area contributed by atoms with E-state index in [2.05, 4.69) is 0 Å². The van der Waals surface area contributed by atoms with E-state index in [4.69, 9.17) is 9.47 Å². The minimum absolute atomic E-state index is 0.00518. The van der Waals surface area contributed by atoms with E-state index in [1.54, 1.807) is 25.1 Å². The Morgan fingerprint density at radius 1 is 1.28 bits per heavy atom. The van der Waals surface area contributed by atoms with E-state index in [0.717, 1.165) is 6.42 Å². The number of anilines is 1. The normalized spacial score (nSPS) is 17.8. The largest absolute Gasteiger partial charge is 0.478 e. The second-order valence-electron chi connectivity index (χ2n) is 6.55. The van der Waals surface area contributed by atoms with Gasteiger partial charge >= 0.3 is 5.97 Å². The summed E-state index contributed by atoms with van der Waals surface area (Å²) in [6.45, 7) is 7.31. The summed E-state index contributed by atoms with van der Waals surface area (Å²) in [7, 11) is 1.28. The van der Waals surface area contributed by atoms with Gasteiger partial charge in [-0.2, -0.15) is 0 Å². The summed E-state index contributed by atoms with van der Waals surface area (Å²) in [5.74, 6) is -0.402. The Balaban J connectivity index is 2.53. The van der Waals surface area contributed by atoms with Crippen LogP contribution in [0.25, 0.3) is 0 Å². The fourth-order valence-electron chi connectivity index (χ4n) is 2.89. The number of carbonyl (C=O) groups is 3. The van der Waals surface area contributed by atoms with E-state index in [1.807, 2.05) is 20.8 Å². The number of hydrogen-bond acceptors (Lipinski definition) is 5. The highest BCUT2D eigenvalue weighted by molar-refractivity contribution is 6.06. The molecule has 1 aromatic carbocycles. The summed E-state index contributed by atoms with van der Waals surface area (Å²) in [5.41, 5.74) is 0.934. The van der Waals surface area contributed by atoms with Crippen molar-refractivity contribution in [2.45, 2.75) is 52.7 Å². The third-order valence-electron chi connectivity index (χ3n) is 4.29. The molecule has 1 aliphatic heterocycles. The van der Waals surface area contributed by atoms with Gasteiger partial charge in [-0.25, -0.2) is 4.79 Å². The van der Waals surface area contributed by atoms with Gasteiger partial charge in [-0.05, 0) is 37.5 Å². The average Bonchev–Trinajstić information content (AvgIpc) is 2.59. The van der Waals surface area contributed by atoms with Crippen LogP contribution in [-0.4, -0.2) is 36.9 Å². The van der Waals surface area contributed by atoms with Crippen LogP contribution in [0.4, 0.5) is 5.69 Å². The molecule has 2 unspecified atom stereocenters. The fraction of sp³-hybridized carbons (Fsp3) is 0.526. The molecule has 0 aliphatic carbocycles. The molecule has 136 valence electrons. The summed E-state index contributed by atoms with van der Waals surface area (Å²) in [4.78, 5) is 38.5. The van der Waals surface area contributed by atoms with Crippen LogP contribution in [-0.2, 0) is 14.3 Å². The SMILES string of the molecule is CCCC(=O)c1ccc2c(c1)N(C(C)C(=O)OC)C(=O)C(C(C)C)O2. The molecule has 0 saturated carbocycles. The average molecular weight is 347 g/mol. The molecule has 0 bridgehead atoms. The van der Waals surface area contributed by atoms with Gasteiger partial charge in [0.1, 0.15) is 11.8 Å². The fourth-order valence-corrected chi connectivity index (χ4v) is 2.89. The molecule has 0 aromatic heterocycles. The predicted molar refractivity (Wildman–Crippen MR) is 93.9 cm³/mol. The number of Topliss-reactive ketones (excluding diaryl/α,β-unsaturated/α-hetero) is 1. The molecule has 0 fully saturated rings. The lowest BCUT2D eigenvalue weighted by molar-refractivity contribution is -0.144. The number of amides is 1. The van der Waals surface area contributed by atoms with Gasteiger partial charge < -0.3 is 9.47 Å². The first-order chi connectivity index (χ1) is 11.8. The van der Waals surface area contributed by atoms with Crippen molar-refractivity contribution >= 4 is 23.3 Å². The second kappa shape index (κ2) is 7.68. The molecule has 1 aromatic rings. The Labute approximate surface area is 148 Å². The third-order valence-corrected chi connectivity index (χ3v) is 4.29. The van der Waals surface area contributed by atoms with Crippen molar-refractivity contribution in [2.75, 3.05) is 12.0 Å². The van der Waals surface area contributed by atoms with E-state index in [-0.39, 0.29) is 17.6 Å². The molecular formula is C19H25NO5. The molecule has 1 amide bonds. The quantitative estimate of drug-likeness (QED) is 0.584. The van der Waals surface area contributed by atoms with Gasteiger partial charge in [0.15, 0.2) is 11.9 Å². The van der Waals surface area contributed by atoms with Crippen LogP contribution < -0.4 is 9.64 Å². The molecule has 2 rings (SSSR count). The third kappa shape index (κ3) is 3.67. The Morgan fingerprint density at radius 3 is 2.52 bits per heavy atom. The van der Waals surface area contributed by atoms with Crippen LogP contribution in [0.1, 0.15) is 50.9 Å². The highest BCUT2D eigenvalue weighted by atomic mass is 16.5. The number of rotatable bonds is 6. The zero-order valence-electron chi connectivity index (χ0n) is 15.4. The maximum atomic E-state index is 12.9. The molecule has 0 N–H and O–H groups in total. The monoisotopic (exact) mass is 347 g/mol. The lowest BCUT2D eigenvalue weighted by Crippen LogP contribution is -2.54. The Kier molecular flexibility index (Phi) is 5.82. The lowest BCUT2D eigenvalue weighted by atomic mass is 9.99. The number of carbonyl (C=O) groups excluding carboxylic acids is 3. The molecular weight excluding hydrogens is 322 g/mol. The molecule has 0 radical (unpaired) electrons. The number of methoxy groups -OCH3 is 1. The first kappa shape index (κ1) is 19.0. The van der Waals surface area contributed by atoms with Crippen molar-refractivity contribution in [3.05, 3.63) is 23.8 Å². The van der Waals surface area contributed by atoms with Crippen molar-refractivity contribution in [1.82, 2.24) is 0 Å². The molecule has 1 aliphatic rings. The van der Waals surface area contributed by atoms with E-state index < -0.39 is 18.1 Å². The van der Waals surface area contributed by atoms with Crippen LogP contribution in [0.2, 0.25) is 0 Å². The first-order valence-corrected chi connectivity index (χ1v) is 8.56. The van der Waals surface area contributed by atoms with Gasteiger partial charge in [0.2, 0.25) is 0 Å². The van der Waals surface area contributed by atoms with Crippen LogP contribution >= 0.6 is 0 Å². The predicted octanol–water partition coefficient (Wildman–Crippen LogP) is 2.98. The number of esters is 1. The first-order valence-electron chi connectivity index (χ1n) is 8.56. The van der Waals surface area contributed by atoms with Crippen molar-refractivity contribution < 1.29 is 23.9 Å². The van der Waals surface area contributed by atoms with Gasteiger partial charge in [-0.15, -0.1) is 0 Å². The standard InChI is InChI=1S/C19H25NO5/c1-6-7-15(21)13-8-9-16-14(10-13)20(12(4)19(23)24-5)18(22)17(25-16)11(2)3/h8-12,17H,6-7H2,1-5H3. The number of nitrogens with zero attached hydrogens (tertiary/aromatic N) is 1. The van der Waals surface area contributed by atoms with E-state index in [0.29, 0.717) is 23.4 Å². The maximum Gasteiger partial charge on any atom is 0.328 e. The van der Waals surface area contributed by atoms with Gasteiger partial charge in [0, 0.05) is 12.0 Å². The van der Waals surface area contributed by atoms with Crippen molar-refractivity contribution in [1.29, 1.82) is 0 Å². The zero-order valence-corrected chi connectivity index (χ0v) is 15.4. The molecule has 0 spiro atoms. The number of benzene rings is 1. The lowest BCUT2D eigenvalue weighted by Gasteiger charge is -2.38. The van der Waals surface area contributed by atoms with Gasteiger partial charge in [-0.1, -0.05) is 20.8 Å². The number of ether oxygens (including phenoxy) is 2. The summed E-state index contributed by atoms with van der Waals surface area (Å²) < 4.78 is 10.6. The van der Waals surface area contributed by atoms with Crippen LogP contribution in [0.3, 0.4) is 0 Å². The smallest absolute Gasteiger partial charge is 0.328 e. The second-order valence-corrected chi connectivity index (χ2v) is 6.55. The molecule has 6 heteroatoms. The Bertz CT molecular complexity index is 682. The maximum absolute atomic E-state index is 12.9. The highest BCUT2D eigenvalue weighted by Crippen LogP contribution is 2.38. The molecule has 2 atom stereocenters. The minimum Gasteiger partial charge on any atom is -0.478 e. The van der Waals surface area contributed by atoms with Crippen molar-refractivity contribution in [3.63, 3.8) is 0 Å². The van der Waals surface area contributed by atoms with Crippen LogP contribution in [0.5, 0.6) is 5.75 Å². The minimum atomic E-state index is -0.807. The van der Waals surface area contributed by atoms with E-state index in [9.17, 15) is 14.4 Å². The summed E-state index contributed by atoms with van der Waals surface area (Å²) in [6.07, 6.45) is 0.481. The molecule has 25 heavy (non-hydrogen) atoms. The van der Waals surface area contributed by atoms with Gasteiger partial charge in [-0.3, -0.25) is 14.5 Å². The number of ketones is 1. The van der Waals surface area contributed by atoms with Crippen LogP contribution in [0, 0.1) is 5.92 Å². The Hall–Kier alpha value is -2.37. The summed E-state index contributed by atoms with van der Waals surface area (Å²) in [5, 5.41) is 0. The van der Waals surface area contributed by atoms with Crippen LogP contribution in [0.15, 0.2) is 18.2 Å². The van der Waals surface area contributed by atoms with Crippen molar-refractivity contribution in [3.8, 4) is 5.75 Å². The summed E-state index contributed by atoms with van der Waals surface area (Å²) >= 11 is 0. The summed E-state index contributed by atoms with van der Waals surface area (Å²) in [6, 6.07) is 4.21. The number of fused-ring (bicyclic) bond motifs is 1. The highest BCUT2D eigenvalue weighted by Gasteiger charge is 2.41. The zero-order chi connectivity index (χ0) is 18.7. The Morgan fingerprint density at radius 2 is 1.96 bits per heavy atom. The molecule has 0 saturated heterocycles. The topological polar surface area (TPSA) is 72.9 Å². The van der Waals surface area contributed by atoms with Crippen molar-refractivity contribution in [2.24, 2.45) is 5.92 Å². The molecule has 1 heterocycles. The number of hydrogen-bond donors (Lipinski definition) is 0. The van der Waals surface area contributed by atoms with Gasteiger partial charge in [0.05, 0.1) is 12.8 Å². The molecule has 6 nitrogen and oxygen atoms in total.